The predicted octanol–water partition coefficient (Wildman–Crippen LogP) is 3.50. The summed E-state index contributed by atoms with van der Waals surface area (Å²) < 4.78 is 5.66. The standard InChI is InChI=1S/C15H29NO/c1-13(14-7-4-2-3-5-8-14)16-11-10-15-9-6-12-17-15/h13-16H,2-12H2,1H3/t13-,15?/m0/s1. The lowest BCUT2D eigenvalue weighted by molar-refractivity contribution is 0.103. The minimum Gasteiger partial charge on any atom is -0.378 e. The molecule has 2 nitrogen and oxygen atoms in total. The molecule has 2 aliphatic rings. The minimum atomic E-state index is 0.545. The Morgan fingerprint density at radius 1 is 1.06 bits per heavy atom. The molecule has 2 heteroatoms. The Hall–Kier alpha value is -0.0800. The van der Waals surface area contributed by atoms with Crippen LogP contribution in [0.5, 0.6) is 0 Å². The second-order valence-electron chi connectivity index (χ2n) is 5.92. The predicted molar refractivity (Wildman–Crippen MR) is 72.2 cm³/mol. The SMILES string of the molecule is C[C@H](NCCC1CCCO1)C1CCCCCC1. The van der Waals surface area contributed by atoms with Crippen molar-refractivity contribution in [2.24, 2.45) is 5.92 Å². The van der Waals surface area contributed by atoms with E-state index < -0.39 is 0 Å². The zero-order valence-electron chi connectivity index (χ0n) is 11.4. The summed E-state index contributed by atoms with van der Waals surface area (Å²) in [6.45, 7) is 4.51. The first-order chi connectivity index (χ1) is 8.36. The van der Waals surface area contributed by atoms with Crippen LogP contribution in [0, 0.1) is 5.92 Å². The molecule has 1 heterocycles. The fraction of sp³-hybridized carbons (Fsp3) is 1.00. The molecule has 0 spiro atoms. The Morgan fingerprint density at radius 2 is 1.82 bits per heavy atom. The summed E-state index contributed by atoms with van der Waals surface area (Å²) in [7, 11) is 0. The van der Waals surface area contributed by atoms with E-state index in [1.54, 1.807) is 0 Å². The second-order valence-corrected chi connectivity index (χ2v) is 5.92. The summed E-state index contributed by atoms with van der Waals surface area (Å²) in [6.07, 6.45) is 13.0. The van der Waals surface area contributed by atoms with Crippen LogP contribution in [0.2, 0.25) is 0 Å². The maximum Gasteiger partial charge on any atom is 0.0588 e. The first-order valence-corrected chi connectivity index (χ1v) is 7.71. The molecule has 0 radical (unpaired) electrons. The molecular weight excluding hydrogens is 210 g/mol. The van der Waals surface area contributed by atoms with E-state index in [0.29, 0.717) is 12.1 Å². The van der Waals surface area contributed by atoms with Gasteiger partial charge in [-0.25, -0.2) is 0 Å². The summed E-state index contributed by atoms with van der Waals surface area (Å²) in [5.41, 5.74) is 0. The van der Waals surface area contributed by atoms with Crippen molar-refractivity contribution in [1.29, 1.82) is 0 Å². The van der Waals surface area contributed by atoms with Crippen LogP contribution in [0.25, 0.3) is 0 Å². The number of nitrogens with one attached hydrogen (secondary N) is 1. The molecule has 0 aromatic carbocycles. The van der Waals surface area contributed by atoms with E-state index >= 15 is 0 Å². The highest BCUT2D eigenvalue weighted by Gasteiger charge is 2.19. The fourth-order valence-corrected chi connectivity index (χ4v) is 3.32. The molecule has 17 heavy (non-hydrogen) atoms. The highest BCUT2D eigenvalue weighted by atomic mass is 16.5. The van der Waals surface area contributed by atoms with Gasteiger partial charge >= 0.3 is 0 Å². The smallest absolute Gasteiger partial charge is 0.0588 e. The summed E-state index contributed by atoms with van der Waals surface area (Å²) >= 11 is 0. The van der Waals surface area contributed by atoms with Crippen molar-refractivity contribution in [2.45, 2.75) is 76.9 Å². The summed E-state index contributed by atoms with van der Waals surface area (Å²) in [5.74, 6) is 0.919. The van der Waals surface area contributed by atoms with E-state index in [1.165, 1.54) is 57.8 Å². The molecule has 1 aliphatic heterocycles. The lowest BCUT2D eigenvalue weighted by atomic mass is 9.93. The van der Waals surface area contributed by atoms with Gasteiger partial charge in [0, 0.05) is 12.6 Å². The van der Waals surface area contributed by atoms with Gasteiger partial charge in [-0.1, -0.05) is 25.7 Å². The summed E-state index contributed by atoms with van der Waals surface area (Å²) in [4.78, 5) is 0. The Morgan fingerprint density at radius 3 is 2.47 bits per heavy atom. The van der Waals surface area contributed by atoms with Crippen molar-refractivity contribution in [3.8, 4) is 0 Å². The molecule has 1 saturated heterocycles. The van der Waals surface area contributed by atoms with Crippen LogP contribution in [0.1, 0.15) is 64.7 Å². The average molecular weight is 239 g/mol. The monoisotopic (exact) mass is 239 g/mol. The van der Waals surface area contributed by atoms with Gasteiger partial charge in [-0.05, 0) is 51.5 Å². The van der Waals surface area contributed by atoms with E-state index in [1.807, 2.05) is 0 Å². The van der Waals surface area contributed by atoms with Gasteiger partial charge in [-0.3, -0.25) is 0 Å². The van der Waals surface area contributed by atoms with Gasteiger partial charge in [-0.2, -0.15) is 0 Å². The number of ether oxygens (including phenoxy) is 1. The van der Waals surface area contributed by atoms with Crippen molar-refractivity contribution in [1.82, 2.24) is 5.32 Å². The molecule has 0 aromatic rings. The van der Waals surface area contributed by atoms with Crippen molar-refractivity contribution < 1.29 is 4.74 Å². The average Bonchev–Trinajstić information content (AvgIpc) is 2.69. The van der Waals surface area contributed by atoms with E-state index in [-0.39, 0.29) is 0 Å². The lowest BCUT2D eigenvalue weighted by Gasteiger charge is -2.24. The van der Waals surface area contributed by atoms with Crippen LogP contribution in [0.15, 0.2) is 0 Å². The van der Waals surface area contributed by atoms with Crippen molar-refractivity contribution >= 4 is 0 Å². The summed E-state index contributed by atoms with van der Waals surface area (Å²) in [5, 5.41) is 3.73. The lowest BCUT2D eigenvalue weighted by Crippen LogP contribution is -2.35. The summed E-state index contributed by atoms with van der Waals surface area (Å²) in [6, 6.07) is 0.703. The quantitative estimate of drug-likeness (QED) is 0.741. The fourth-order valence-electron chi connectivity index (χ4n) is 3.32. The Balaban J connectivity index is 1.60. The second kappa shape index (κ2) is 7.38. The van der Waals surface area contributed by atoms with Crippen LogP contribution in [0.3, 0.4) is 0 Å². The van der Waals surface area contributed by atoms with Crippen molar-refractivity contribution in [2.75, 3.05) is 13.2 Å². The van der Waals surface area contributed by atoms with Crippen molar-refractivity contribution in [3.63, 3.8) is 0 Å². The molecular formula is C15H29NO. The third-order valence-corrected chi connectivity index (χ3v) is 4.56. The van der Waals surface area contributed by atoms with Gasteiger partial charge in [0.1, 0.15) is 0 Å². The molecule has 0 bridgehead atoms. The molecule has 2 fully saturated rings. The molecule has 1 saturated carbocycles. The Kier molecular flexibility index (Phi) is 5.79. The number of hydrogen-bond acceptors (Lipinski definition) is 2. The van der Waals surface area contributed by atoms with Crippen LogP contribution in [0.4, 0.5) is 0 Å². The number of hydrogen-bond donors (Lipinski definition) is 1. The van der Waals surface area contributed by atoms with Crippen LogP contribution < -0.4 is 5.32 Å². The van der Waals surface area contributed by atoms with Gasteiger partial charge in [0.25, 0.3) is 0 Å². The number of rotatable bonds is 5. The largest absolute Gasteiger partial charge is 0.378 e. The zero-order valence-corrected chi connectivity index (χ0v) is 11.4. The van der Waals surface area contributed by atoms with Gasteiger partial charge < -0.3 is 10.1 Å². The maximum absolute atomic E-state index is 5.66. The molecule has 0 aromatic heterocycles. The van der Waals surface area contributed by atoms with Crippen LogP contribution in [-0.4, -0.2) is 25.3 Å². The van der Waals surface area contributed by atoms with Crippen molar-refractivity contribution in [3.05, 3.63) is 0 Å². The molecule has 2 atom stereocenters. The zero-order chi connectivity index (χ0) is 11.9. The minimum absolute atomic E-state index is 0.545. The van der Waals surface area contributed by atoms with Crippen LogP contribution >= 0.6 is 0 Å². The third kappa shape index (κ3) is 4.59. The van der Waals surface area contributed by atoms with Gasteiger partial charge in [0.2, 0.25) is 0 Å². The first kappa shape index (κ1) is 13.4. The molecule has 1 aliphatic carbocycles. The normalized spacial score (nSPS) is 29.1. The molecule has 0 amide bonds. The molecule has 100 valence electrons. The van der Waals surface area contributed by atoms with Crippen LogP contribution in [-0.2, 0) is 4.74 Å². The van der Waals surface area contributed by atoms with Gasteiger partial charge in [-0.15, -0.1) is 0 Å². The molecule has 1 unspecified atom stereocenters. The third-order valence-electron chi connectivity index (χ3n) is 4.56. The van der Waals surface area contributed by atoms with E-state index in [9.17, 15) is 0 Å². The molecule has 1 N–H and O–H groups in total. The van der Waals surface area contributed by atoms with Gasteiger partial charge in [0.15, 0.2) is 0 Å². The van der Waals surface area contributed by atoms with E-state index in [4.69, 9.17) is 4.74 Å². The van der Waals surface area contributed by atoms with E-state index in [0.717, 1.165) is 19.1 Å². The van der Waals surface area contributed by atoms with Gasteiger partial charge in [0.05, 0.1) is 6.10 Å². The first-order valence-electron chi connectivity index (χ1n) is 7.71. The maximum atomic E-state index is 5.66. The topological polar surface area (TPSA) is 21.3 Å². The van der Waals surface area contributed by atoms with E-state index in [2.05, 4.69) is 12.2 Å². The highest BCUT2D eigenvalue weighted by molar-refractivity contribution is 4.76. The highest BCUT2D eigenvalue weighted by Crippen LogP contribution is 2.25. The Bertz CT molecular complexity index is 193. The Labute approximate surface area is 107 Å². The molecule has 2 rings (SSSR count).